The molecule has 36 heavy (non-hydrogen) atoms. The van der Waals surface area contributed by atoms with E-state index in [-0.39, 0.29) is 23.9 Å². The molecule has 2 aliphatic rings. The van der Waals surface area contributed by atoms with E-state index in [4.69, 9.17) is 4.74 Å². The zero-order valence-electron chi connectivity index (χ0n) is 20.0. The summed E-state index contributed by atoms with van der Waals surface area (Å²) in [6.45, 7) is 3.51. The molecule has 2 aromatic carbocycles. The first-order chi connectivity index (χ1) is 17.6. The summed E-state index contributed by atoms with van der Waals surface area (Å²) < 4.78 is 21.2. The number of para-hydroxylation sites is 1. The van der Waals surface area contributed by atoms with Gasteiger partial charge in [0, 0.05) is 42.8 Å². The molecule has 8 nitrogen and oxygen atoms in total. The van der Waals surface area contributed by atoms with Crippen LogP contribution in [0.5, 0.6) is 0 Å². The largest absolute Gasteiger partial charge is 0.365 e. The number of aromatic nitrogens is 4. The number of rotatable bonds is 6. The van der Waals surface area contributed by atoms with Crippen molar-refractivity contribution in [2.24, 2.45) is 0 Å². The smallest absolute Gasteiger partial charge is 0.224 e. The summed E-state index contributed by atoms with van der Waals surface area (Å²) in [6.07, 6.45) is 3.97. The highest BCUT2D eigenvalue weighted by molar-refractivity contribution is 5.88. The number of hydrogen-bond donors (Lipinski definition) is 2. The fourth-order valence-corrected chi connectivity index (χ4v) is 5.24. The van der Waals surface area contributed by atoms with Crippen LogP contribution in [0, 0.1) is 5.82 Å². The predicted molar refractivity (Wildman–Crippen MR) is 132 cm³/mol. The number of carbonyl (C=O) groups excluding carboxylic acids is 1. The van der Waals surface area contributed by atoms with E-state index in [1.807, 2.05) is 35.1 Å². The van der Waals surface area contributed by atoms with Gasteiger partial charge in [0.15, 0.2) is 0 Å². The van der Waals surface area contributed by atoms with Gasteiger partial charge in [0.05, 0.1) is 25.3 Å². The van der Waals surface area contributed by atoms with Crippen molar-refractivity contribution in [3.05, 3.63) is 83.1 Å². The van der Waals surface area contributed by atoms with Crippen LogP contribution in [0.15, 0.2) is 54.7 Å². The third-order valence-corrected chi connectivity index (χ3v) is 7.27. The number of nitrogens with one attached hydrogen (secondary N) is 2. The van der Waals surface area contributed by atoms with Crippen LogP contribution >= 0.6 is 0 Å². The van der Waals surface area contributed by atoms with Gasteiger partial charge < -0.3 is 15.0 Å². The standard InChI is InChI=1S/C27H29FN6O2/c28-20-7-5-18(6-8-20)26-16-34-25(17-36-26)24(31-32-34)15-33-11-9-21(10-12-33)30-27(35)13-19-14-29-23-4-2-1-3-22(19)23/h1-8,14,21,26,29H,9-13,15-17H2,(H,30,35)/t26-/m0/s1. The zero-order valence-corrected chi connectivity index (χ0v) is 20.0. The molecule has 0 radical (unpaired) electrons. The van der Waals surface area contributed by atoms with E-state index in [0.29, 0.717) is 19.6 Å². The molecule has 1 fully saturated rings. The first kappa shape index (κ1) is 22.9. The molecule has 1 saturated heterocycles. The number of fused-ring (bicyclic) bond motifs is 2. The summed E-state index contributed by atoms with van der Waals surface area (Å²) in [5.74, 6) is -0.186. The molecule has 2 N–H and O–H groups in total. The van der Waals surface area contributed by atoms with Crippen LogP contribution in [0.1, 0.15) is 41.5 Å². The molecule has 2 aliphatic heterocycles. The number of likely N-dealkylation sites (tertiary alicyclic amines) is 1. The van der Waals surface area contributed by atoms with Crippen molar-refractivity contribution >= 4 is 16.8 Å². The van der Waals surface area contributed by atoms with Gasteiger partial charge >= 0.3 is 0 Å². The minimum absolute atomic E-state index is 0.0680. The van der Waals surface area contributed by atoms with Crippen molar-refractivity contribution < 1.29 is 13.9 Å². The molecule has 0 aliphatic carbocycles. The van der Waals surface area contributed by atoms with Crippen molar-refractivity contribution in [3.8, 4) is 0 Å². The minimum Gasteiger partial charge on any atom is -0.365 e. The van der Waals surface area contributed by atoms with E-state index in [2.05, 4.69) is 25.5 Å². The third kappa shape index (κ3) is 4.76. The molecular weight excluding hydrogens is 459 g/mol. The Hall–Kier alpha value is -3.56. The summed E-state index contributed by atoms with van der Waals surface area (Å²) in [4.78, 5) is 18.3. The maximum atomic E-state index is 13.2. The summed E-state index contributed by atoms with van der Waals surface area (Å²) in [5, 5.41) is 13.1. The Kier molecular flexibility index (Phi) is 6.25. The predicted octanol–water partition coefficient (Wildman–Crippen LogP) is 3.49. The lowest BCUT2D eigenvalue weighted by Crippen LogP contribution is -2.44. The number of benzene rings is 2. The molecule has 1 amide bonds. The lowest BCUT2D eigenvalue weighted by Gasteiger charge is -2.32. The van der Waals surface area contributed by atoms with E-state index < -0.39 is 0 Å². The van der Waals surface area contributed by atoms with Gasteiger partial charge in [-0.05, 0) is 42.2 Å². The number of halogens is 1. The maximum Gasteiger partial charge on any atom is 0.224 e. The van der Waals surface area contributed by atoms with E-state index in [0.717, 1.165) is 65.9 Å². The molecule has 4 aromatic rings. The van der Waals surface area contributed by atoms with Crippen LogP contribution < -0.4 is 5.32 Å². The number of ether oxygens (including phenoxy) is 1. The van der Waals surface area contributed by atoms with Gasteiger partial charge in [0.1, 0.15) is 17.6 Å². The van der Waals surface area contributed by atoms with Gasteiger partial charge in [-0.1, -0.05) is 35.5 Å². The Labute approximate surface area is 208 Å². The molecular formula is C27H29FN6O2. The number of carbonyl (C=O) groups is 1. The molecule has 0 unspecified atom stereocenters. The molecule has 1 atom stereocenters. The zero-order chi connectivity index (χ0) is 24.5. The van der Waals surface area contributed by atoms with E-state index in [1.54, 1.807) is 12.1 Å². The first-order valence-corrected chi connectivity index (χ1v) is 12.5. The summed E-state index contributed by atoms with van der Waals surface area (Å²) >= 11 is 0. The molecule has 0 spiro atoms. The highest BCUT2D eigenvalue weighted by Gasteiger charge is 2.27. The van der Waals surface area contributed by atoms with Crippen molar-refractivity contribution in [3.63, 3.8) is 0 Å². The summed E-state index contributed by atoms with van der Waals surface area (Å²) in [7, 11) is 0. The number of amides is 1. The van der Waals surface area contributed by atoms with Crippen LogP contribution in [-0.4, -0.2) is 49.9 Å². The minimum atomic E-state index is -0.254. The molecule has 0 bridgehead atoms. The van der Waals surface area contributed by atoms with Gasteiger partial charge in [-0.15, -0.1) is 5.10 Å². The van der Waals surface area contributed by atoms with Gasteiger partial charge in [0.25, 0.3) is 0 Å². The van der Waals surface area contributed by atoms with Crippen LogP contribution in [-0.2, 0) is 35.6 Å². The van der Waals surface area contributed by atoms with Gasteiger partial charge in [-0.25, -0.2) is 9.07 Å². The topological polar surface area (TPSA) is 88.1 Å². The third-order valence-electron chi connectivity index (χ3n) is 7.27. The van der Waals surface area contributed by atoms with Gasteiger partial charge in [0.2, 0.25) is 5.91 Å². The Morgan fingerprint density at radius 2 is 1.94 bits per heavy atom. The van der Waals surface area contributed by atoms with Crippen molar-refractivity contribution in [1.82, 2.24) is 30.2 Å². The summed E-state index contributed by atoms with van der Waals surface area (Å²) in [5.41, 5.74) is 4.97. The maximum absolute atomic E-state index is 13.2. The fraction of sp³-hybridized carbons (Fsp3) is 0.370. The van der Waals surface area contributed by atoms with Crippen molar-refractivity contribution in [2.45, 2.75) is 51.1 Å². The Balaban J connectivity index is 0.998. The number of aromatic amines is 1. The highest BCUT2D eigenvalue weighted by atomic mass is 19.1. The molecule has 2 aromatic heterocycles. The average molecular weight is 489 g/mol. The Bertz CT molecular complexity index is 1360. The van der Waals surface area contributed by atoms with Crippen molar-refractivity contribution in [1.29, 1.82) is 0 Å². The van der Waals surface area contributed by atoms with E-state index in [9.17, 15) is 9.18 Å². The number of piperidine rings is 1. The van der Waals surface area contributed by atoms with E-state index in [1.165, 1.54) is 12.1 Å². The molecule has 9 heteroatoms. The first-order valence-electron chi connectivity index (χ1n) is 12.5. The second-order valence-electron chi connectivity index (χ2n) is 9.67. The van der Waals surface area contributed by atoms with Gasteiger partial charge in [-0.2, -0.15) is 0 Å². The Morgan fingerprint density at radius 3 is 2.78 bits per heavy atom. The highest BCUT2D eigenvalue weighted by Crippen LogP contribution is 2.28. The SMILES string of the molecule is O=C(Cc1c[nH]c2ccccc12)NC1CCN(Cc2nnn3c2CO[C@H](c2ccc(F)cc2)C3)CC1. The second kappa shape index (κ2) is 9.83. The van der Waals surface area contributed by atoms with Crippen LogP contribution in [0.25, 0.3) is 10.9 Å². The quantitative estimate of drug-likeness (QED) is 0.434. The second-order valence-corrected chi connectivity index (χ2v) is 9.67. The monoisotopic (exact) mass is 488 g/mol. The lowest BCUT2D eigenvalue weighted by atomic mass is 10.0. The molecule has 186 valence electrons. The Morgan fingerprint density at radius 1 is 1.14 bits per heavy atom. The van der Waals surface area contributed by atoms with Gasteiger partial charge in [-0.3, -0.25) is 9.69 Å². The molecule has 0 saturated carbocycles. The van der Waals surface area contributed by atoms with Crippen LogP contribution in [0.4, 0.5) is 4.39 Å². The van der Waals surface area contributed by atoms with E-state index >= 15 is 0 Å². The average Bonchev–Trinajstić information content (AvgIpc) is 3.49. The number of H-pyrrole nitrogens is 1. The van der Waals surface area contributed by atoms with Crippen molar-refractivity contribution in [2.75, 3.05) is 13.1 Å². The normalized spacial score (nSPS) is 18.9. The van der Waals surface area contributed by atoms with Crippen LogP contribution in [0.2, 0.25) is 0 Å². The fourth-order valence-electron chi connectivity index (χ4n) is 5.24. The lowest BCUT2D eigenvalue weighted by molar-refractivity contribution is -0.121. The molecule has 6 rings (SSSR count). The van der Waals surface area contributed by atoms with Crippen LogP contribution in [0.3, 0.4) is 0 Å². The summed E-state index contributed by atoms with van der Waals surface area (Å²) in [6, 6.07) is 14.7. The number of nitrogens with zero attached hydrogens (tertiary/aromatic N) is 4. The number of hydrogen-bond acceptors (Lipinski definition) is 5. The molecule has 4 heterocycles.